The van der Waals surface area contributed by atoms with Crippen LogP contribution >= 0.6 is 12.4 Å². The molecule has 3 nitrogen and oxygen atoms in total. The van der Waals surface area contributed by atoms with Gasteiger partial charge in [-0.25, -0.2) is 0 Å². The lowest BCUT2D eigenvalue weighted by atomic mass is 9.85. The Morgan fingerprint density at radius 1 is 1.33 bits per heavy atom. The van der Waals surface area contributed by atoms with E-state index in [4.69, 9.17) is 0 Å². The lowest BCUT2D eigenvalue weighted by Gasteiger charge is -2.30. The van der Waals surface area contributed by atoms with Gasteiger partial charge in [-0.3, -0.25) is 4.79 Å². The largest absolute Gasteiger partial charge is 0.351 e. The summed E-state index contributed by atoms with van der Waals surface area (Å²) < 4.78 is 0. The number of aryl methyl sites for hydroxylation is 1. The number of benzene rings is 1. The number of piperidine rings is 1. The number of carbonyl (C=O) groups excluding carboxylic acids is 1. The minimum atomic E-state index is -0.155. The topological polar surface area (TPSA) is 41.1 Å². The average molecular weight is 353 g/mol. The quantitative estimate of drug-likeness (QED) is 0.779. The molecule has 24 heavy (non-hydrogen) atoms. The van der Waals surface area contributed by atoms with Crippen LogP contribution < -0.4 is 10.6 Å². The van der Waals surface area contributed by atoms with Crippen LogP contribution in [0.15, 0.2) is 30.3 Å². The molecule has 0 saturated carbocycles. The van der Waals surface area contributed by atoms with Gasteiger partial charge in [0.2, 0.25) is 5.91 Å². The number of hydrogen-bond acceptors (Lipinski definition) is 2. The molecular formula is C20H33ClN2O. The van der Waals surface area contributed by atoms with Crippen LogP contribution in [0.2, 0.25) is 0 Å². The predicted octanol–water partition coefficient (Wildman–Crippen LogP) is 3.96. The van der Waals surface area contributed by atoms with Gasteiger partial charge in [0, 0.05) is 12.0 Å². The summed E-state index contributed by atoms with van der Waals surface area (Å²) >= 11 is 0. The van der Waals surface area contributed by atoms with Gasteiger partial charge in [0.05, 0.1) is 0 Å². The minimum Gasteiger partial charge on any atom is -0.351 e. The van der Waals surface area contributed by atoms with Crippen LogP contribution in [0.4, 0.5) is 0 Å². The molecule has 1 heterocycles. The second kappa shape index (κ2) is 10.0. The van der Waals surface area contributed by atoms with Crippen molar-refractivity contribution < 1.29 is 4.79 Å². The molecule has 4 heteroatoms. The van der Waals surface area contributed by atoms with E-state index in [9.17, 15) is 4.79 Å². The van der Waals surface area contributed by atoms with Gasteiger partial charge in [0.25, 0.3) is 0 Å². The van der Waals surface area contributed by atoms with Gasteiger partial charge in [-0.15, -0.1) is 12.4 Å². The van der Waals surface area contributed by atoms with E-state index in [0.717, 1.165) is 25.9 Å². The average Bonchev–Trinajstić information content (AvgIpc) is 2.54. The van der Waals surface area contributed by atoms with Crippen LogP contribution in [0.25, 0.3) is 0 Å². The summed E-state index contributed by atoms with van der Waals surface area (Å²) in [6, 6.07) is 10.5. The number of halogens is 1. The first-order valence-electron chi connectivity index (χ1n) is 9.02. The minimum absolute atomic E-state index is 0. The summed E-state index contributed by atoms with van der Waals surface area (Å²) in [5.41, 5.74) is 1.17. The van der Waals surface area contributed by atoms with Gasteiger partial charge in [-0.2, -0.15) is 0 Å². The van der Waals surface area contributed by atoms with Gasteiger partial charge in [0.15, 0.2) is 0 Å². The molecule has 0 aliphatic carbocycles. The molecule has 2 N–H and O–H groups in total. The van der Waals surface area contributed by atoms with Gasteiger partial charge in [0.1, 0.15) is 0 Å². The maximum absolute atomic E-state index is 12.4. The summed E-state index contributed by atoms with van der Waals surface area (Å²) in [5.74, 6) is 1.29. The molecule has 0 aromatic heterocycles. The summed E-state index contributed by atoms with van der Waals surface area (Å²) in [4.78, 5) is 12.4. The Morgan fingerprint density at radius 3 is 2.67 bits per heavy atom. The standard InChI is InChI=1S/C20H32N2O.ClH/c1-16(18-10-7-13-21-15-18)14-19(23)22-20(2,3)12-11-17-8-5-4-6-9-17;/h4-6,8-9,16,18,21H,7,10-15H2,1-3H3,(H,22,23);1H. The molecular weight excluding hydrogens is 320 g/mol. The SMILES string of the molecule is CC(CC(=O)NC(C)(C)CCc1ccccc1)C1CCCNC1.Cl. The highest BCUT2D eigenvalue weighted by Gasteiger charge is 2.25. The van der Waals surface area contributed by atoms with Gasteiger partial charge >= 0.3 is 0 Å². The van der Waals surface area contributed by atoms with Crippen molar-refractivity contribution in [2.24, 2.45) is 11.8 Å². The van der Waals surface area contributed by atoms with Gasteiger partial charge < -0.3 is 10.6 Å². The van der Waals surface area contributed by atoms with E-state index in [2.05, 4.69) is 55.7 Å². The van der Waals surface area contributed by atoms with Crippen molar-refractivity contribution in [1.82, 2.24) is 10.6 Å². The van der Waals surface area contributed by atoms with Crippen molar-refractivity contribution in [3.05, 3.63) is 35.9 Å². The second-order valence-electron chi connectivity index (χ2n) is 7.71. The zero-order chi connectivity index (χ0) is 16.7. The Morgan fingerprint density at radius 2 is 2.04 bits per heavy atom. The van der Waals surface area contributed by atoms with Crippen LogP contribution in [-0.2, 0) is 11.2 Å². The molecule has 1 aliphatic heterocycles. The molecule has 0 spiro atoms. The van der Waals surface area contributed by atoms with Crippen LogP contribution in [0.3, 0.4) is 0 Å². The van der Waals surface area contributed by atoms with E-state index >= 15 is 0 Å². The molecule has 0 bridgehead atoms. The summed E-state index contributed by atoms with van der Waals surface area (Å²) in [5, 5.41) is 6.68. The maximum atomic E-state index is 12.4. The van der Waals surface area contributed by atoms with Crippen LogP contribution in [0.1, 0.15) is 52.0 Å². The van der Waals surface area contributed by atoms with Crippen LogP contribution in [0, 0.1) is 11.8 Å². The number of amides is 1. The number of rotatable bonds is 7. The fourth-order valence-electron chi connectivity index (χ4n) is 3.42. The van der Waals surface area contributed by atoms with Crippen molar-refractivity contribution in [2.45, 2.75) is 58.4 Å². The van der Waals surface area contributed by atoms with Crippen LogP contribution in [0.5, 0.6) is 0 Å². The van der Waals surface area contributed by atoms with E-state index < -0.39 is 0 Å². The Bertz CT molecular complexity index is 484. The highest BCUT2D eigenvalue weighted by Crippen LogP contribution is 2.23. The first-order valence-corrected chi connectivity index (χ1v) is 9.02. The van der Waals surface area contributed by atoms with E-state index in [-0.39, 0.29) is 23.9 Å². The molecule has 2 rings (SSSR count). The lowest BCUT2D eigenvalue weighted by molar-refractivity contribution is -0.124. The highest BCUT2D eigenvalue weighted by atomic mass is 35.5. The number of carbonyl (C=O) groups is 1. The third-order valence-corrected chi connectivity index (χ3v) is 5.01. The molecule has 136 valence electrons. The highest BCUT2D eigenvalue weighted by molar-refractivity contribution is 5.85. The van der Waals surface area contributed by atoms with Crippen LogP contribution in [-0.4, -0.2) is 24.5 Å². The Hall–Kier alpha value is -1.06. The summed E-state index contributed by atoms with van der Waals surface area (Å²) in [6.45, 7) is 8.66. The van der Waals surface area contributed by atoms with Crippen molar-refractivity contribution in [3.63, 3.8) is 0 Å². The van der Waals surface area contributed by atoms with Crippen molar-refractivity contribution in [1.29, 1.82) is 0 Å². The Balaban J connectivity index is 0.00000288. The molecule has 1 aromatic carbocycles. The normalized spacial score (nSPS) is 19.2. The molecule has 2 unspecified atom stereocenters. The zero-order valence-electron chi connectivity index (χ0n) is 15.3. The third kappa shape index (κ3) is 7.23. The van der Waals surface area contributed by atoms with E-state index in [1.807, 2.05) is 6.07 Å². The molecule has 1 aromatic rings. The molecule has 1 aliphatic rings. The first kappa shape index (κ1) is 21.0. The lowest BCUT2D eigenvalue weighted by Crippen LogP contribution is -2.45. The third-order valence-electron chi connectivity index (χ3n) is 5.01. The Labute approximate surface area is 153 Å². The summed E-state index contributed by atoms with van der Waals surface area (Å²) in [6.07, 6.45) is 5.08. The fourth-order valence-corrected chi connectivity index (χ4v) is 3.42. The van der Waals surface area contributed by atoms with Crippen molar-refractivity contribution >= 4 is 18.3 Å². The monoisotopic (exact) mass is 352 g/mol. The first-order chi connectivity index (χ1) is 11.0. The van der Waals surface area contributed by atoms with Crippen molar-refractivity contribution in [2.75, 3.05) is 13.1 Å². The second-order valence-corrected chi connectivity index (χ2v) is 7.71. The van der Waals surface area contributed by atoms with Crippen molar-refractivity contribution in [3.8, 4) is 0 Å². The molecule has 1 amide bonds. The number of hydrogen-bond donors (Lipinski definition) is 2. The zero-order valence-corrected chi connectivity index (χ0v) is 16.1. The van der Waals surface area contributed by atoms with Gasteiger partial charge in [-0.1, -0.05) is 37.3 Å². The number of nitrogens with one attached hydrogen (secondary N) is 2. The summed E-state index contributed by atoms with van der Waals surface area (Å²) in [7, 11) is 0. The van der Waals surface area contributed by atoms with Gasteiger partial charge in [-0.05, 0) is 70.0 Å². The maximum Gasteiger partial charge on any atom is 0.220 e. The Kier molecular flexibility index (Phi) is 8.79. The predicted molar refractivity (Wildman–Crippen MR) is 104 cm³/mol. The van der Waals surface area contributed by atoms with E-state index in [1.54, 1.807) is 0 Å². The van der Waals surface area contributed by atoms with E-state index in [0.29, 0.717) is 18.3 Å². The van der Waals surface area contributed by atoms with E-state index in [1.165, 1.54) is 18.4 Å². The fraction of sp³-hybridized carbons (Fsp3) is 0.650. The molecule has 1 saturated heterocycles. The molecule has 0 radical (unpaired) electrons. The molecule has 2 atom stereocenters. The molecule has 1 fully saturated rings. The smallest absolute Gasteiger partial charge is 0.220 e.